The molecule has 0 aromatic carbocycles. The van der Waals surface area contributed by atoms with Gasteiger partial charge >= 0.3 is 0 Å². The summed E-state index contributed by atoms with van der Waals surface area (Å²) in [6, 6.07) is 0. The van der Waals surface area contributed by atoms with E-state index < -0.39 is 0 Å². The fourth-order valence-electron chi connectivity index (χ4n) is 3.21. The Kier molecular flexibility index (Phi) is 6.23. The number of aromatic nitrogens is 2. The van der Waals surface area contributed by atoms with Crippen molar-refractivity contribution in [3.63, 3.8) is 0 Å². The normalized spacial score (nSPS) is 22.7. The second kappa shape index (κ2) is 8.60. The van der Waals surface area contributed by atoms with Crippen molar-refractivity contribution in [3.8, 4) is 0 Å². The SMILES string of the molecule is Cn1ccnc1CN1CCN(C(=O)COC[C@@H]2CCCCO2)CC1. The molecule has 1 aromatic rings. The maximum atomic E-state index is 12.2. The van der Waals surface area contributed by atoms with Crippen LogP contribution in [0.2, 0.25) is 0 Å². The molecule has 0 unspecified atom stereocenters. The lowest BCUT2D eigenvalue weighted by Gasteiger charge is -2.34. The quantitative estimate of drug-likeness (QED) is 0.763. The topological polar surface area (TPSA) is 59.8 Å². The van der Waals surface area contributed by atoms with E-state index in [-0.39, 0.29) is 18.6 Å². The molecule has 3 heterocycles. The Labute approximate surface area is 143 Å². The second-order valence-electron chi connectivity index (χ2n) is 6.62. The third-order valence-corrected chi connectivity index (χ3v) is 4.81. The number of carbonyl (C=O) groups excluding carboxylic acids is 1. The number of imidazole rings is 1. The van der Waals surface area contributed by atoms with Crippen molar-refractivity contribution in [2.45, 2.75) is 31.9 Å². The Hall–Kier alpha value is -1.44. The van der Waals surface area contributed by atoms with E-state index in [1.807, 2.05) is 28.9 Å². The molecular formula is C17H28N4O3. The summed E-state index contributed by atoms with van der Waals surface area (Å²) in [7, 11) is 2.01. The molecule has 1 atom stereocenters. The second-order valence-corrected chi connectivity index (χ2v) is 6.62. The zero-order valence-corrected chi connectivity index (χ0v) is 14.5. The third-order valence-electron chi connectivity index (χ3n) is 4.81. The summed E-state index contributed by atoms with van der Waals surface area (Å²) in [5, 5.41) is 0. The largest absolute Gasteiger partial charge is 0.376 e. The van der Waals surface area contributed by atoms with E-state index in [0.717, 1.165) is 58.0 Å². The van der Waals surface area contributed by atoms with Gasteiger partial charge in [-0.15, -0.1) is 0 Å². The Morgan fingerprint density at radius 2 is 2.17 bits per heavy atom. The number of aryl methyl sites for hydroxylation is 1. The summed E-state index contributed by atoms with van der Waals surface area (Å²) in [4.78, 5) is 20.8. The van der Waals surface area contributed by atoms with Gasteiger partial charge in [0.15, 0.2) is 0 Å². The molecule has 2 saturated heterocycles. The van der Waals surface area contributed by atoms with Gasteiger partial charge in [0, 0.05) is 52.2 Å². The predicted molar refractivity (Wildman–Crippen MR) is 89.5 cm³/mol. The van der Waals surface area contributed by atoms with E-state index >= 15 is 0 Å². The average Bonchev–Trinajstić information content (AvgIpc) is 3.01. The lowest BCUT2D eigenvalue weighted by molar-refractivity contribution is -0.140. The Morgan fingerprint density at radius 3 is 2.83 bits per heavy atom. The minimum Gasteiger partial charge on any atom is -0.376 e. The molecular weight excluding hydrogens is 308 g/mol. The standard InChI is InChI=1S/C17H28N4O3/c1-19-6-5-18-16(19)12-20-7-9-21(10-8-20)17(22)14-23-13-15-4-2-3-11-24-15/h5-6,15H,2-4,7-14H2,1H3/t15-/m0/s1. The Bertz CT molecular complexity index is 520. The highest BCUT2D eigenvalue weighted by atomic mass is 16.5. The number of amides is 1. The van der Waals surface area contributed by atoms with Gasteiger partial charge in [-0.3, -0.25) is 9.69 Å². The van der Waals surface area contributed by atoms with Gasteiger partial charge in [-0.05, 0) is 19.3 Å². The van der Waals surface area contributed by atoms with E-state index in [4.69, 9.17) is 9.47 Å². The lowest BCUT2D eigenvalue weighted by atomic mass is 10.1. The van der Waals surface area contributed by atoms with Crippen LogP contribution >= 0.6 is 0 Å². The highest BCUT2D eigenvalue weighted by Crippen LogP contribution is 2.13. The van der Waals surface area contributed by atoms with Gasteiger partial charge < -0.3 is 18.9 Å². The van der Waals surface area contributed by atoms with Crippen molar-refractivity contribution in [2.24, 2.45) is 7.05 Å². The molecule has 1 amide bonds. The third kappa shape index (κ3) is 4.78. The molecule has 0 saturated carbocycles. The summed E-state index contributed by atoms with van der Waals surface area (Å²) in [6.07, 6.45) is 7.32. The Balaban J connectivity index is 1.33. The van der Waals surface area contributed by atoms with E-state index in [1.165, 1.54) is 6.42 Å². The van der Waals surface area contributed by atoms with Crippen LogP contribution in [-0.4, -0.2) is 77.4 Å². The van der Waals surface area contributed by atoms with Gasteiger partial charge in [0.1, 0.15) is 12.4 Å². The number of rotatable bonds is 6. The number of ether oxygens (including phenoxy) is 2. The summed E-state index contributed by atoms with van der Waals surface area (Å²) in [5.74, 6) is 1.15. The van der Waals surface area contributed by atoms with Crippen molar-refractivity contribution < 1.29 is 14.3 Å². The van der Waals surface area contributed by atoms with E-state index in [0.29, 0.717) is 6.61 Å². The highest BCUT2D eigenvalue weighted by molar-refractivity contribution is 5.77. The molecule has 0 spiro atoms. The van der Waals surface area contributed by atoms with Crippen molar-refractivity contribution in [3.05, 3.63) is 18.2 Å². The molecule has 24 heavy (non-hydrogen) atoms. The van der Waals surface area contributed by atoms with Gasteiger partial charge in [0.05, 0.1) is 19.3 Å². The molecule has 2 aliphatic heterocycles. The van der Waals surface area contributed by atoms with Crippen LogP contribution in [0.3, 0.4) is 0 Å². The van der Waals surface area contributed by atoms with Gasteiger partial charge in [-0.2, -0.15) is 0 Å². The molecule has 7 heteroatoms. The number of nitrogens with zero attached hydrogens (tertiary/aromatic N) is 4. The number of hydrogen-bond acceptors (Lipinski definition) is 5. The van der Waals surface area contributed by atoms with Crippen LogP contribution in [0.1, 0.15) is 25.1 Å². The summed E-state index contributed by atoms with van der Waals surface area (Å²) in [5.41, 5.74) is 0. The number of piperazine rings is 1. The fraction of sp³-hybridized carbons (Fsp3) is 0.765. The average molecular weight is 336 g/mol. The van der Waals surface area contributed by atoms with E-state index in [2.05, 4.69) is 9.88 Å². The van der Waals surface area contributed by atoms with Crippen LogP contribution in [0.25, 0.3) is 0 Å². The minimum atomic E-state index is 0.0856. The van der Waals surface area contributed by atoms with Gasteiger partial charge in [-0.1, -0.05) is 0 Å². The summed E-state index contributed by atoms with van der Waals surface area (Å²) >= 11 is 0. The molecule has 2 aliphatic rings. The van der Waals surface area contributed by atoms with Crippen molar-refractivity contribution in [1.82, 2.24) is 19.4 Å². The van der Waals surface area contributed by atoms with Crippen LogP contribution in [0.15, 0.2) is 12.4 Å². The van der Waals surface area contributed by atoms with Gasteiger partial charge in [0.2, 0.25) is 5.91 Å². The van der Waals surface area contributed by atoms with Crippen molar-refractivity contribution >= 4 is 5.91 Å². The maximum Gasteiger partial charge on any atom is 0.248 e. The first kappa shape index (κ1) is 17.4. The minimum absolute atomic E-state index is 0.0856. The molecule has 2 fully saturated rings. The van der Waals surface area contributed by atoms with Gasteiger partial charge in [0.25, 0.3) is 0 Å². The predicted octanol–water partition coefficient (Wildman–Crippen LogP) is 0.650. The van der Waals surface area contributed by atoms with E-state index in [1.54, 1.807) is 0 Å². The number of hydrogen-bond donors (Lipinski definition) is 0. The van der Waals surface area contributed by atoms with Crippen LogP contribution in [0.5, 0.6) is 0 Å². The smallest absolute Gasteiger partial charge is 0.248 e. The van der Waals surface area contributed by atoms with Crippen molar-refractivity contribution in [1.29, 1.82) is 0 Å². The summed E-state index contributed by atoms with van der Waals surface area (Å²) < 4.78 is 13.2. The molecule has 134 valence electrons. The molecule has 0 radical (unpaired) electrons. The first-order valence-corrected chi connectivity index (χ1v) is 8.88. The monoisotopic (exact) mass is 336 g/mol. The van der Waals surface area contributed by atoms with E-state index in [9.17, 15) is 4.79 Å². The van der Waals surface area contributed by atoms with Gasteiger partial charge in [-0.25, -0.2) is 4.98 Å². The zero-order valence-electron chi connectivity index (χ0n) is 14.5. The van der Waals surface area contributed by atoms with Crippen molar-refractivity contribution in [2.75, 3.05) is 46.0 Å². The fourth-order valence-corrected chi connectivity index (χ4v) is 3.21. The number of carbonyl (C=O) groups is 1. The van der Waals surface area contributed by atoms with Crippen LogP contribution in [0.4, 0.5) is 0 Å². The van der Waals surface area contributed by atoms with Crippen LogP contribution in [-0.2, 0) is 27.9 Å². The zero-order chi connectivity index (χ0) is 16.8. The summed E-state index contributed by atoms with van der Waals surface area (Å²) in [6.45, 7) is 5.62. The molecule has 7 nitrogen and oxygen atoms in total. The molecule has 1 aromatic heterocycles. The highest BCUT2D eigenvalue weighted by Gasteiger charge is 2.22. The molecule has 0 aliphatic carbocycles. The molecule has 0 N–H and O–H groups in total. The maximum absolute atomic E-state index is 12.2. The molecule has 0 bridgehead atoms. The Morgan fingerprint density at radius 1 is 1.33 bits per heavy atom. The first-order valence-electron chi connectivity index (χ1n) is 8.88. The molecule has 3 rings (SSSR count). The van der Waals surface area contributed by atoms with Crippen LogP contribution < -0.4 is 0 Å². The lowest BCUT2D eigenvalue weighted by Crippen LogP contribution is -2.49. The van der Waals surface area contributed by atoms with Crippen LogP contribution in [0, 0.1) is 0 Å². The first-order chi connectivity index (χ1) is 11.7.